The fourth-order valence-electron chi connectivity index (χ4n) is 3.79. The molecule has 2 heterocycles. The Kier molecular flexibility index (Phi) is 7.22. The molecule has 2 aliphatic rings. The summed E-state index contributed by atoms with van der Waals surface area (Å²) in [5.74, 6) is 0.207. The van der Waals surface area contributed by atoms with E-state index in [4.69, 9.17) is 14.2 Å². The van der Waals surface area contributed by atoms with Crippen LogP contribution in [0.2, 0.25) is 0 Å². The summed E-state index contributed by atoms with van der Waals surface area (Å²) in [5, 5.41) is 0. The molecule has 2 aliphatic heterocycles. The summed E-state index contributed by atoms with van der Waals surface area (Å²) in [6.45, 7) is 8.19. The summed E-state index contributed by atoms with van der Waals surface area (Å²) in [4.78, 5) is 17.4. The molecule has 9 nitrogen and oxygen atoms in total. The highest BCUT2D eigenvalue weighted by Gasteiger charge is 2.32. The van der Waals surface area contributed by atoms with Gasteiger partial charge >= 0.3 is 0 Å². The Morgan fingerprint density at radius 3 is 2.17 bits per heavy atom. The fourth-order valence-corrected chi connectivity index (χ4v) is 5.25. The van der Waals surface area contributed by atoms with Crippen LogP contribution in [0.25, 0.3) is 0 Å². The average Bonchev–Trinajstić information content (AvgIpc) is 2.78. The number of sulfonamides is 1. The van der Waals surface area contributed by atoms with Gasteiger partial charge in [0.1, 0.15) is 0 Å². The van der Waals surface area contributed by atoms with Crippen LogP contribution in [0.15, 0.2) is 17.0 Å². The van der Waals surface area contributed by atoms with E-state index < -0.39 is 10.0 Å². The minimum absolute atomic E-state index is 0.0196. The number of hydrogen-bond acceptors (Lipinski definition) is 7. The van der Waals surface area contributed by atoms with Crippen LogP contribution in [0.5, 0.6) is 11.5 Å². The zero-order valence-electron chi connectivity index (χ0n) is 18.1. The highest BCUT2D eigenvalue weighted by molar-refractivity contribution is 7.89. The molecule has 0 atom stereocenters. The molecule has 0 spiro atoms. The van der Waals surface area contributed by atoms with E-state index in [-0.39, 0.29) is 41.0 Å². The van der Waals surface area contributed by atoms with Gasteiger partial charge in [0.25, 0.3) is 5.91 Å². The number of methoxy groups -OCH3 is 2. The summed E-state index contributed by atoms with van der Waals surface area (Å²) in [7, 11) is -0.912. The van der Waals surface area contributed by atoms with E-state index in [1.807, 2.05) is 0 Å². The summed E-state index contributed by atoms with van der Waals surface area (Å²) in [5.41, 5.74) is 0.196. The van der Waals surface area contributed by atoms with Crippen LogP contribution in [0.3, 0.4) is 0 Å². The van der Waals surface area contributed by atoms with Gasteiger partial charge in [-0.1, -0.05) is 0 Å². The van der Waals surface area contributed by atoms with Gasteiger partial charge in [0.15, 0.2) is 11.5 Å². The molecule has 0 N–H and O–H groups in total. The molecule has 1 amide bonds. The Morgan fingerprint density at radius 1 is 1.00 bits per heavy atom. The molecular formula is C20H31N3O6S. The SMILES string of the molecule is COc1cc(S(=O)(=O)N2CCOCC2)cc(C(=O)N2CCN(C(C)C)CC2)c1OC. The summed E-state index contributed by atoms with van der Waals surface area (Å²) in [6, 6.07) is 3.24. The molecule has 30 heavy (non-hydrogen) atoms. The molecule has 2 saturated heterocycles. The highest BCUT2D eigenvalue weighted by atomic mass is 32.2. The molecule has 0 aliphatic carbocycles. The van der Waals surface area contributed by atoms with E-state index in [1.54, 1.807) is 4.90 Å². The predicted molar refractivity (Wildman–Crippen MR) is 112 cm³/mol. The van der Waals surface area contributed by atoms with Crippen molar-refractivity contribution in [1.29, 1.82) is 0 Å². The fraction of sp³-hybridized carbons (Fsp3) is 0.650. The van der Waals surface area contributed by atoms with E-state index in [1.165, 1.54) is 30.7 Å². The quantitative estimate of drug-likeness (QED) is 0.648. The Balaban J connectivity index is 1.95. The third-order valence-corrected chi connectivity index (χ3v) is 7.50. The topological polar surface area (TPSA) is 88.6 Å². The van der Waals surface area contributed by atoms with Gasteiger partial charge in [-0.3, -0.25) is 9.69 Å². The molecule has 3 rings (SSSR count). The van der Waals surface area contributed by atoms with E-state index in [0.717, 1.165) is 13.1 Å². The van der Waals surface area contributed by atoms with E-state index in [2.05, 4.69) is 18.7 Å². The zero-order chi connectivity index (χ0) is 21.9. The maximum atomic E-state index is 13.3. The molecule has 0 aromatic heterocycles. The Morgan fingerprint density at radius 2 is 1.63 bits per heavy atom. The van der Waals surface area contributed by atoms with Crippen molar-refractivity contribution in [2.45, 2.75) is 24.8 Å². The zero-order valence-corrected chi connectivity index (χ0v) is 18.9. The van der Waals surface area contributed by atoms with Gasteiger partial charge in [-0.05, 0) is 19.9 Å². The second-order valence-electron chi connectivity index (χ2n) is 7.64. The second-order valence-corrected chi connectivity index (χ2v) is 9.58. The molecule has 2 fully saturated rings. The van der Waals surface area contributed by atoms with Crippen molar-refractivity contribution >= 4 is 15.9 Å². The number of nitrogens with zero attached hydrogens (tertiary/aromatic N) is 3. The predicted octanol–water partition coefficient (Wildman–Crippen LogP) is 0.891. The van der Waals surface area contributed by atoms with Crippen molar-refractivity contribution in [2.75, 3.05) is 66.7 Å². The molecular weight excluding hydrogens is 410 g/mol. The minimum atomic E-state index is -3.79. The average molecular weight is 442 g/mol. The number of benzene rings is 1. The van der Waals surface area contributed by atoms with Gasteiger partial charge in [0.2, 0.25) is 10.0 Å². The minimum Gasteiger partial charge on any atom is -0.493 e. The normalized spacial score (nSPS) is 19.2. The van der Waals surface area contributed by atoms with Crippen LogP contribution in [-0.2, 0) is 14.8 Å². The van der Waals surface area contributed by atoms with Crippen molar-refractivity contribution in [3.05, 3.63) is 17.7 Å². The monoisotopic (exact) mass is 441 g/mol. The van der Waals surface area contributed by atoms with Gasteiger partial charge in [0, 0.05) is 51.4 Å². The largest absolute Gasteiger partial charge is 0.493 e. The molecule has 0 saturated carbocycles. The summed E-state index contributed by atoms with van der Waals surface area (Å²) >= 11 is 0. The van der Waals surface area contributed by atoms with E-state index in [9.17, 15) is 13.2 Å². The number of carbonyl (C=O) groups is 1. The van der Waals surface area contributed by atoms with Crippen LogP contribution in [-0.4, -0.2) is 101 Å². The molecule has 0 radical (unpaired) electrons. The third kappa shape index (κ3) is 4.56. The lowest BCUT2D eigenvalue weighted by molar-refractivity contribution is 0.0591. The molecule has 10 heteroatoms. The summed E-state index contributed by atoms with van der Waals surface area (Å²) in [6.07, 6.45) is 0. The van der Waals surface area contributed by atoms with E-state index in [0.29, 0.717) is 32.3 Å². The first-order valence-corrected chi connectivity index (χ1v) is 11.6. The lowest BCUT2D eigenvalue weighted by Gasteiger charge is -2.37. The molecule has 0 unspecified atom stereocenters. The first-order valence-electron chi connectivity index (χ1n) is 10.2. The van der Waals surface area contributed by atoms with Crippen LogP contribution >= 0.6 is 0 Å². The van der Waals surface area contributed by atoms with Gasteiger partial charge in [-0.25, -0.2) is 8.42 Å². The van der Waals surface area contributed by atoms with Gasteiger partial charge < -0.3 is 19.1 Å². The number of carbonyl (C=O) groups excluding carboxylic acids is 1. The van der Waals surface area contributed by atoms with Crippen molar-refractivity contribution < 1.29 is 27.4 Å². The molecule has 0 bridgehead atoms. The Hall–Kier alpha value is -1.88. The maximum absolute atomic E-state index is 13.3. The first kappa shape index (κ1) is 22.8. The van der Waals surface area contributed by atoms with Gasteiger partial charge in [0.05, 0.1) is 37.9 Å². The van der Waals surface area contributed by atoms with Crippen molar-refractivity contribution in [2.24, 2.45) is 0 Å². The van der Waals surface area contributed by atoms with Gasteiger partial charge in [-0.2, -0.15) is 4.31 Å². The highest BCUT2D eigenvalue weighted by Crippen LogP contribution is 2.36. The van der Waals surface area contributed by atoms with Crippen molar-refractivity contribution in [1.82, 2.24) is 14.1 Å². The molecule has 168 valence electrons. The number of morpholine rings is 1. The second kappa shape index (κ2) is 9.51. The number of hydrogen-bond donors (Lipinski definition) is 0. The van der Waals surface area contributed by atoms with Crippen LogP contribution in [0.4, 0.5) is 0 Å². The summed E-state index contributed by atoms with van der Waals surface area (Å²) < 4.78 is 43.8. The number of amides is 1. The Bertz CT molecular complexity index is 860. The number of rotatable bonds is 6. The van der Waals surface area contributed by atoms with Crippen LogP contribution in [0.1, 0.15) is 24.2 Å². The Labute approximate surface area is 178 Å². The lowest BCUT2D eigenvalue weighted by atomic mass is 10.1. The van der Waals surface area contributed by atoms with Crippen LogP contribution < -0.4 is 9.47 Å². The van der Waals surface area contributed by atoms with E-state index >= 15 is 0 Å². The standard InChI is InChI=1S/C20H31N3O6S/c1-15(2)21-5-7-22(8-6-21)20(24)17-13-16(14-18(27-3)19(17)28-4)30(25,26)23-9-11-29-12-10-23/h13-15H,5-12H2,1-4H3. The van der Waals surface area contributed by atoms with Crippen molar-refractivity contribution in [3.63, 3.8) is 0 Å². The maximum Gasteiger partial charge on any atom is 0.257 e. The lowest BCUT2D eigenvalue weighted by Crippen LogP contribution is -2.50. The van der Waals surface area contributed by atoms with Crippen molar-refractivity contribution in [3.8, 4) is 11.5 Å². The number of piperazine rings is 1. The first-order chi connectivity index (χ1) is 14.3. The van der Waals surface area contributed by atoms with Gasteiger partial charge in [-0.15, -0.1) is 0 Å². The molecule has 1 aromatic rings. The van der Waals surface area contributed by atoms with Crippen LogP contribution in [0, 0.1) is 0 Å². The number of ether oxygens (including phenoxy) is 3. The smallest absolute Gasteiger partial charge is 0.257 e. The molecule has 1 aromatic carbocycles. The third-order valence-electron chi connectivity index (χ3n) is 5.62.